The molecule has 2 rings (SSSR count). The third-order valence-corrected chi connectivity index (χ3v) is 5.07. The molecule has 0 aromatic heterocycles. The lowest BCUT2D eigenvalue weighted by Gasteiger charge is -2.39. The van der Waals surface area contributed by atoms with Crippen molar-refractivity contribution in [2.75, 3.05) is 13.1 Å². The van der Waals surface area contributed by atoms with Crippen LogP contribution in [0, 0.1) is 5.82 Å². The number of Topliss-reactive ketones (excluding diaryl/α,β-unsaturated/α-hetero) is 1. The van der Waals surface area contributed by atoms with Crippen LogP contribution in [0.25, 0.3) is 0 Å². The second-order valence-corrected chi connectivity index (χ2v) is 6.12. The molecule has 116 valence electrons. The van der Waals surface area contributed by atoms with Crippen LogP contribution in [0.5, 0.6) is 0 Å². The van der Waals surface area contributed by atoms with Crippen LogP contribution in [0.4, 0.5) is 4.39 Å². The normalized spacial score (nSPS) is 17.4. The lowest BCUT2D eigenvalue weighted by atomic mass is 9.86. The molecule has 0 aliphatic heterocycles. The van der Waals surface area contributed by atoms with Crippen LogP contribution < -0.4 is 0 Å². The van der Waals surface area contributed by atoms with E-state index in [2.05, 4.69) is 18.7 Å². The minimum Gasteiger partial charge on any atom is -0.297 e. The summed E-state index contributed by atoms with van der Waals surface area (Å²) in [4.78, 5) is 15.2. The van der Waals surface area contributed by atoms with Crippen LogP contribution in [0.15, 0.2) is 18.2 Å². The monoisotopic (exact) mass is 311 g/mol. The Balaban J connectivity index is 2.28. The SMILES string of the molecule is CCN(CC)C1(C(=O)Cc2c(F)cccc2Cl)CCCC1. The molecule has 1 fully saturated rings. The Bertz CT molecular complexity index is 487. The number of ketones is 1. The van der Waals surface area contributed by atoms with Gasteiger partial charge in [-0.15, -0.1) is 0 Å². The first-order valence-electron chi connectivity index (χ1n) is 7.76. The minimum atomic E-state index is -0.422. The molecule has 0 bridgehead atoms. The first-order valence-corrected chi connectivity index (χ1v) is 8.14. The predicted molar refractivity (Wildman–Crippen MR) is 84.2 cm³/mol. The van der Waals surface area contributed by atoms with E-state index in [0.29, 0.717) is 10.6 Å². The summed E-state index contributed by atoms with van der Waals surface area (Å²) in [6, 6.07) is 4.58. The molecule has 21 heavy (non-hydrogen) atoms. The molecule has 0 unspecified atom stereocenters. The topological polar surface area (TPSA) is 20.3 Å². The summed E-state index contributed by atoms with van der Waals surface area (Å²) in [5.41, 5.74) is -0.0858. The highest BCUT2D eigenvalue weighted by Crippen LogP contribution is 2.37. The molecule has 0 N–H and O–H groups in total. The number of carbonyl (C=O) groups excluding carboxylic acids is 1. The smallest absolute Gasteiger partial charge is 0.157 e. The van der Waals surface area contributed by atoms with E-state index in [1.165, 1.54) is 6.07 Å². The van der Waals surface area contributed by atoms with E-state index in [-0.39, 0.29) is 18.0 Å². The first kappa shape index (κ1) is 16.4. The van der Waals surface area contributed by atoms with E-state index in [9.17, 15) is 9.18 Å². The number of halogens is 2. The van der Waals surface area contributed by atoms with Crippen molar-refractivity contribution < 1.29 is 9.18 Å². The molecule has 0 amide bonds. The van der Waals surface area contributed by atoms with Gasteiger partial charge in [0, 0.05) is 17.0 Å². The quantitative estimate of drug-likeness (QED) is 0.783. The van der Waals surface area contributed by atoms with Gasteiger partial charge in [0.2, 0.25) is 0 Å². The van der Waals surface area contributed by atoms with Crippen molar-refractivity contribution >= 4 is 17.4 Å². The molecule has 1 aliphatic rings. The Kier molecular flexibility index (Phi) is 5.39. The maximum absolute atomic E-state index is 13.9. The van der Waals surface area contributed by atoms with Gasteiger partial charge in [0.05, 0.1) is 5.54 Å². The summed E-state index contributed by atoms with van der Waals surface area (Å²) < 4.78 is 13.9. The van der Waals surface area contributed by atoms with Crippen molar-refractivity contribution in [3.05, 3.63) is 34.6 Å². The van der Waals surface area contributed by atoms with Crippen LogP contribution in [-0.2, 0) is 11.2 Å². The number of hydrogen-bond acceptors (Lipinski definition) is 2. The summed E-state index contributed by atoms with van der Waals surface area (Å²) in [5, 5.41) is 0.344. The number of nitrogens with zero attached hydrogens (tertiary/aromatic N) is 1. The highest BCUT2D eigenvalue weighted by molar-refractivity contribution is 6.31. The van der Waals surface area contributed by atoms with Gasteiger partial charge in [0.25, 0.3) is 0 Å². The maximum Gasteiger partial charge on any atom is 0.157 e. The molecule has 0 saturated heterocycles. The molecule has 0 heterocycles. The highest BCUT2D eigenvalue weighted by Gasteiger charge is 2.44. The third-order valence-electron chi connectivity index (χ3n) is 4.72. The van der Waals surface area contributed by atoms with Crippen molar-refractivity contribution in [2.24, 2.45) is 0 Å². The van der Waals surface area contributed by atoms with Crippen molar-refractivity contribution in [1.29, 1.82) is 0 Å². The largest absolute Gasteiger partial charge is 0.297 e. The molecular weight excluding hydrogens is 289 g/mol. The van der Waals surface area contributed by atoms with Crippen molar-refractivity contribution in [2.45, 2.75) is 51.5 Å². The van der Waals surface area contributed by atoms with Crippen molar-refractivity contribution in [3.8, 4) is 0 Å². The fraction of sp³-hybridized carbons (Fsp3) is 0.588. The molecule has 1 aromatic carbocycles. The molecule has 0 spiro atoms. The Morgan fingerprint density at radius 2 is 1.90 bits per heavy atom. The zero-order chi connectivity index (χ0) is 15.5. The molecule has 4 heteroatoms. The number of benzene rings is 1. The van der Waals surface area contributed by atoms with Crippen LogP contribution >= 0.6 is 11.6 Å². The van der Waals surface area contributed by atoms with Crippen LogP contribution in [-0.4, -0.2) is 29.3 Å². The molecule has 2 nitrogen and oxygen atoms in total. The summed E-state index contributed by atoms with van der Waals surface area (Å²) in [7, 11) is 0. The van der Waals surface area contributed by atoms with Crippen molar-refractivity contribution in [1.82, 2.24) is 4.90 Å². The molecule has 1 saturated carbocycles. The molecule has 0 radical (unpaired) electrons. The van der Waals surface area contributed by atoms with E-state index >= 15 is 0 Å². The van der Waals surface area contributed by atoms with Gasteiger partial charge in [0.15, 0.2) is 5.78 Å². The zero-order valence-corrected chi connectivity index (χ0v) is 13.5. The summed E-state index contributed by atoms with van der Waals surface area (Å²) in [5.74, 6) is -0.278. The van der Waals surface area contributed by atoms with E-state index < -0.39 is 5.54 Å². The van der Waals surface area contributed by atoms with E-state index in [4.69, 9.17) is 11.6 Å². The summed E-state index contributed by atoms with van der Waals surface area (Å²) in [6.45, 7) is 5.83. The molecule has 1 aromatic rings. The van der Waals surface area contributed by atoms with E-state index in [0.717, 1.165) is 38.8 Å². The lowest BCUT2D eigenvalue weighted by Crippen LogP contribution is -2.53. The summed E-state index contributed by atoms with van der Waals surface area (Å²) in [6.07, 6.45) is 3.96. The maximum atomic E-state index is 13.9. The first-order chi connectivity index (χ1) is 10.0. The average Bonchev–Trinajstić information content (AvgIpc) is 2.95. The zero-order valence-electron chi connectivity index (χ0n) is 12.8. The third kappa shape index (κ3) is 3.14. The Hall–Kier alpha value is -0.930. The van der Waals surface area contributed by atoms with Gasteiger partial charge in [0.1, 0.15) is 5.82 Å². The average molecular weight is 312 g/mol. The number of likely N-dealkylation sites (N-methyl/N-ethyl adjacent to an activating group) is 1. The Morgan fingerprint density at radius 3 is 2.43 bits per heavy atom. The minimum absolute atomic E-state index is 0.0853. The van der Waals surface area contributed by atoms with E-state index in [1.54, 1.807) is 12.1 Å². The van der Waals surface area contributed by atoms with Gasteiger partial charge in [-0.1, -0.05) is 44.4 Å². The second-order valence-electron chi connectivity index (χ2n) is 5.71. The highest BCUT2D eigenvalue weighted by atomic mass is 35.5. The fourth-order valence-electron chi connectivity index (χ4n) is 3.59. The lowest BCUT2D eigenvalue weighted by molar-refractivity contribution is -0.130. The van der Waals surface area contributed by atoms with E-state index in [1.807, 2.05) is 0 Å². The second kappa shape index (κ2) is 6.89. The van der Waals surface area contributed by atoms with Gasteiger partial charge in [-0.2, -0.15) is 0 Å². The number of carbonyl (C=O) groups is 1. The van der Waals surface area contributed by atoms with Crippen molar-refractivity contribution in [3.63, 3.8) is 0 Å². The molecular formula is C17H23ClFNO. The van der Waals surface area contributed by atoms with Gasteiger partial charge in [-0.05, 0) is 38.1 Å². The molecule has 0 atom stereocenters. The fourth-order valence-corrected chi connectivity index (χ4v) is 3.82. The predicted octanol–water partition coefficient (Wildman–Crippen LogP) is 4.25. The van der Waals surface area contributed by atoms with Gasteiger partial charge < -0.3 is 0 Å². The standard InChI is InChI=1S/C17H23ClFNO/c1-3-20(4-2)17(10-5-6-11-17)16(21)12-13-14(18)8-7-9-15(13)19/h7-9H,3-6,10-12H2,1-2H3. The number of rotatable bonds is 6. The van der Waals surface area contributed by atoms with Crippen LogP contribution in [0.2, 0.25) is 5.02 Å². The van der Waals surface area contributed by atoms with Gasteiger partial charge in [-0.3, -0.25) is 9.69 Å². The van der Waals surface area contributed by atoms with Crippen LogP contribution in [0.1, 0.15) is 45.1 Å². The van der Waals surface area contributed by atoms with Gasteiger partial charge >= 0.3 is 0 Å². The van der Waals surface area contributed by atoms with Crippen LogP contribution in [0.3, 0.4) is 0 Å². The Labute approximate surface area is 131 Å². The summed E-state index contributed by atoms with van der Waals surface area (Å²) >= 11 is 6.07. The molecule has 1 aliphatic carbocycles. The van der Waals surface area contributed by atoms with Gasteiger partial charge in [-0.25, -0.2) is 4.39 Å². The Morgan fingerprint density at radius 1 is 1.29 bits per heavy atom. The number of hydrogen-bond donors (Lipinski definition) is 0.